The first-order chi connectivity index (χ1) is 10.4. The summed E-state index contributed by atoms with van der Waals surface area (Å²) >= 11 is 0. The van der Waals surface area contributed by atoms with Crippen LogP contribution in [0, 0.1) is 0 Å². The van der Waals surface area contributed by atoms with Crippen molar-refractivity contribution in [3.8, 4) is 0 Å². The average molecular weight is 340 g/mol. The summed E-state index contributed by atoms with van der Waals surface area (Å²) < 4.78 is 5.37. The third-order valence-electron chi connectivity index (χ3n) is 2.08. The SMILES string of the molecule is CC(O)C(=O)O.CC(O)C(=O)O.CN(C)CCOCCN(C)C. The van der Waals surface area contributed by atoms with Crippen LogP contribution in [0.2, 0.25) is 0 Å². The first-order valence-electron chi connectivity index (χ1n) is 7.10. The van der Waals surface area contributed by atoms with Crippen LogP contribution in [0.3, 0.4) is 0 Å². The molecule has 0 fully saturated rings. The maximum absolute atomic E-state index is 9.45. The van der Waals surface area contributed by atoms with E-state index in [0.29, 0.717) is 0 Å². The maximum Gasteiger partial charge on any atom is 0.332 e. The molecular formula is C14H32N2O7. The molecule has 9 nitrogen and oxygen atoms in total. The lowest BCUT2D eigenvalue weighted by Gasteiger charge is -2.12. The third-order valence-corrected chi connectivity index (χ3v) is 2.08. The lowest BCUT2D eigenvalue weighted by molar-refractivity contribution is -0.146. The van der Waals surface area contributed by atoms with E-state index in [2.05, 4.69) is 38.0 Å². The van der Waals surface area contributed by atoms with Gasteiger partial charge in [0.05, 0.1) is 13.2 Å². The quantitative estimate of drug-likeness (QED) is 0.412. The molecule has 23 heavy (non-hydrogen) atoms. The molecule has 4 N–H and O–H groups in total. The van der Waals surface area contributed by atoms with Crippen molar-refractivity contribution in [1.29, 1.82) is 0 Å². The predicted molar refractivity (Wildman–Crippen MR) is 86.6 cm³/mol. The number of carboxylic acids is 2. The van der Waals surface area contributed by atoms with E-state index in [-0.39, 0.29) is 0 Å². The molecule has 0 saturated heterocycles. The van der Waals surface area contributed by atoms with Crippen molar-refractivity contribution in [2.75, 3.05) is 54.5 Å². The molecule has 0 aromatic carbocycles. The molecule has 9 heteroatoms. The second kappa shape index (κ2) is 17.1. The van der Waals surface area contributed by atoms with E-state index in [1.807, 2.05) is 0 Å². The van der Waals surface area contributed by atoms with Crippen molar-refractivity contribution < 1.29 is 34.8 Å². The van der Waals surface area contributed by atoms with Crippen molar-refractivity contribution in [1.82, 2.24) is 9.80 Å². The maximum atomic E-state index is 9.45. The number of carboxylic acid groups (broad SMARTS) is 2. The van der Waals surface area contributed by atoms with Gasteiger partial charge < -0.3 is 35.0 Å². The lowest BCUT2D eigenvalue weighted by Crippen LogP contribution is -2.22. The van der Waals surface area contributed by atoms with Crippen LogP contribution in [0.1, 0.15) is 13.8 Å². The predicted octanol–water partition coefficient (Wildman–Crippen LogP) is -0.970. The van der Waals surface area contributed by atoms with Crippen molar-refractivity contribution in [3.05, 3.63) is 0 Å². The van der Waals surface area contributed by atoms with Gasteiger partial charge in [-0.05, 0) is 42.0 Å². The van der Waals surface area contributed by atoms with E-state index in [1.54, 1.807) is 0 Å². The number of hydrogen-bond donors (Lipinski definition) is 4. The van der Waals surface area contributed by atoms with Crippen LogP contribution in [-0.2, 0) is 14.3 Å². The Hall–Kier alpha value is -1.26. The Labute approximate surface area is 138 Å². The molecule has 0 amide bonds. The first-order valence-corrected chi connectivity index (χ1v) is 7.10. The number of ether oxygens (including phenoxy) is 1. The van der Waals surface area contributed by atoms with Gasteiger partial charge in [-0.3, -0.25) is 0 Å². The number of hydrogen-bond acceptors (Lipinski definition) is 7. The monoisotopic (exact) mass is 340 g/mol. The Morgan fingerprint density at radius 3 is 1.17 bits per heavy atom. The van der Waals surface area contributed by atoms with E-state index in [1.165, 1.54) is 13.8 Å². The first kappa shape index (κ1) is 26.6. The van der Waals surface area contributed by atoms with Gasteiger partial charge in [0.2, 0.25) is 0 Å². The summed E-state index contributed by atoms with van der Waals surface area (Å²) in [6, 6.07) is 0. The number of aliphatic hydroxyl groups is 2. The van der Waals surface area contributed by atoms with Gasteiger partial charge in [-0.1, -0.05) is 0 Å². The molecule has 2 atom stereocenters. The summed E-state index contributed by atoms with van der Waals surface area (Å²) in [5, 5.41) is 31.5. The minimum atomic E-state index is -1.23. The summed E-state index contributed by atoms with van der Waals surface area (Å²) in [7, 11) is 8.20. The molecule has 140 valence electrons. The molecule has 2 unspecified atom stereocenters. The van der Waals surface area contributed by atoms with Crippen LogP contribution < -0.4 is 0 Å². The van der Waals surface area contributed by atoms with E-state index in [0.717, 1.165) is 26.3 Å². The fourth-order valence-electron chi connectivity index (χ4n) is 0.596. The number of likely N-dealkylation sites (N-methyl/N-ethyl adjacent to an activating group) is 2. The normalized spacial score (nSPS) is 12.6. The van der Waals surface area contributed by atoms with Gasteiger partial charge in [0.1, 0.15) is 12.2 Å². The average Bonchev–Trinajstić information content (AvgIpc) is 2.38. The fraction of sp³-hybridized carbons (Fsp3) is 0.857. The molecule has 0 aliphatic carbocycles. The van der Waals surface area contributed by atoms with Crippen LogP contribution in [0.5, 0.6) is 0 Å². The summed E-state index contributed by atoms with van der Waals surface area (Å²) in [5.41, 5.74) is 0. The standard InChI is InChI=1S/C8H20N2O.2C3H6O3/c1-9(2)5-7-11-8-6-10(3)4;2*1-2(4)3(5)6/h5-8H2,1-4H3;2*2,4H,1H3,(H,5,6). The van der Waals surface area contributed by atoms with Gasteiger partial charge in [0, 0.05) is 13.1 Å². The molecular weight excluding hydrogens is 308 g/mol. The van der Waals surface area contributed by atoms with Gasteiger partial charge in [-0.25, -0.2) is 9.59 Å². The number of aliphatic carboxylic acids is 2. The van der Waals surface area contributed by atoms with E-state index >= 15 is 0 Å². The Bertz CT molecular complexity index is 267. The Balaban J connectivity index is -0.000000284. The van der Waals surface area contributed by atoms with Gasteiger partial charge in [-0.15, -0.1) is 0 Å². The molecule has 0 aliphatic heterocycles. The van der Waals surface area contributed by atoms with Crippen LogP contribution in [0.4, 0.5) is 0 Å². The Morgan fingerprint density at radius 1 is 0.826 bits per heavy atom. The fourth-order valence-corrected chi connectivity index (χ4v) is 0.596. The third kappa shape index (κ3) is 33.5. The van der Waals surface area contributed by atoms with Gasteiger partial charge in [0.15, 0.2) is 0 Å². The highest BCUT2D eigenvalue weighted by molar-refractivity contribution is 5.71. The molecule has 0 spiro atoms. The smallest absolute Gasteiger partial charge is 0.332 e. The molecule has 0 heterocycles. The molecule has 0 rings (SSSR count). The second-order valence-corrected chi connectivity index (χ2v) is 5.25. The van der Waals surface area contributed by atoms with Crippen LogP contribution in [0.15, 0.2) is 0 Å². The molecule has 0 radical (unpaired) electrons. The highest BCUT2D eigenvalue weighted by atomic mass is 16.5. The van der Waals surface area contributed by atoms with Crippen molar-refractivity contribution >= 4 is 11.9 Å². The van der Waals surface area contributed by atoms with E-state index in [4.69, 9.17) is 25.2 Å². The number of carbonyl (C=O) groups is 2. The Morgan fingerprint density at radius 2 is 1.04 bits per heavy atom. The summed E-state index contributed by atoms with van der Waals surface area (Å²) in [5.74, 6) is -2.37. The lowest BCUT2D eigenvalue weighted by atomic mass is 10.4. The molecule has 0 saturated carbocycles. The van der Waals surface area contributed by atoms with Gasteiger partial charge >= 0.3 is 11.9 Å². The highest BCUT2D eigenvalue weighted by Crippen LogP contribution is 1.80. The van der Waals surface area contributed by atoms with Crippen molar-refractivity contribution in [2.45, 2.75) is 26.1 Å². The second-order valence-electron chi connectivity index (χ2n) is 5.25. The number of rotatable bonds is 8. The Kier molecular flexibility index (Phi) is 19.8. The zero-order valence-electron chi connectivity index (χ0n) is 14.9. The summed E-state index contributed by atoms with van der Waals surface area (Å²) in [6.07, 6.45) is -2.46. The molecule has 0 aromatic rings. The summed E-state index contributed by atoms with van der Waals surface area (Å²) in [4.78, 5) is 23.1. The topological polar surface area (TPSA) is 131 Å². The zero-order chi connectivity index (χ0) is 19.0. The van der Waals surface area contributed by atoms with Gasteiger partial charge in [-0.2, -0.15) is 0 Å². The highest BCUT2D eigenvalue weighted by Gasteiger charge is 2.02. The van der Waals surface area contributed by atoms with Crippen LogP contribution >= 0.6 is 0 Å². The van der Waals surface area contributed by atoms with Crippen molar-refractivity contribution in [3.63, 3.8) is 0 Å². The number of nitrogens with zero attached hydrogens (tertiary/aromatic N) is 2. The summed E-state index contributed by atoms with van der Waals surface area (Å²) in [6.45, 7) is 6.08. The number of aliphatic hydroxyl groups excluding tert-OH is 2. The largest absolute Gasteiger partial charge is 0.479 e. The minimum Gasteiger partial charge on any atom is -0.479 e. The van der Waals surface area contributed by atoms with E-state index in [9.17, 15) is 9.59 Å². The van der Waals surface area contributed by atoms with Crippen LogP contribution in [0.25, 0.3) is 0 Å². The zero-order valence-corrected chi connectivity index (χ0v) is 14.9. The molecule has 0 bridgehead atoms. The molecule has 0 aliphatic rings. The molecule has 0 aromatic heterocycles. The van der Waals surface area contributed by atoms with Gasteiger partial charge in [0.25, 0.3) is 0 Å². The minimum absolute atomic E-state index is 0.834. The van der Waals surface area contributed by atoms with E-state index < -0.39 is 24.1 Å². The van der Waals surface area contributed by atoms with Crippen LogP contribution in [-0.4, -0.2) is 109 Å². The van der Waals surface area contributed by atoms with Crippen molar-refractivity contribution in [2.24, 2.45) is 0 Å².